The fraction of sp³-hybridized carbons (Fsp3) is 0.263. The van der Waals surface area contributed by atoms with Gasteiger partial charge in [0.2, 0.25) is 0 Å². The van der Waals surface area contributed by atoms with Gasteiger partial charge in [-0.2, -0.15) is 0 Å². The van der Waals surface area contributed by atoms with Crippen molar-refractivity contribution in [3.05, 3.63) is 54.1 Å². The van der Waals surface area contributed by atoms with Gasteiger partial charge < -0.3 is 0 Å². The van der Waals surface area contributed by atoms with Crippen LogP contribution in [0.15, 0.2) is 48.5 Å². The Hall–Kier alpha value is -2.42. The van der Waals surface area contributed by atoms with Crippen LogP contribution in [-0.4, -0.2) is 15.5 Å². The highest BCUT2D eigenvalue weighted by Crippen LogP contribution is 2.34. The number of nitrogens with zero attached hydrogens (tertiary/aromatic N) is 2. The van der Waals surface area contributed by atoms with Crippen LogP contribution in [0.3, 0.4) is 0 Å². The SMILES string of the molecule is CC(C)(C)C.O=C1c2ccccc2-c2nc3ccccc3n21. The van der Waals surface area contributed by atoms with Crippen LogP contribution in [-0.2, 0) is 0 Å². The van der Waals surface area contributed by atoms with Gasteiger partial charge in [-0.05, 0) is 23.6 Å². The monoisotopic (exact) mass is 292 g/mol. The third-order valence-corrected chi connectivity index (χ3v) is 3.16. The molecule has 0 saturated heterocycles. The van der Waals surface area contributed by atoms with Crippen LogP contribution < -0.4 is 0 Å². The Morgan fingerprint density at radius 1 is 0.864 bits per heavy atom. The number of aromatic nitrogens is 2. The van der Waals surface area contributed by atoms with E-state index in [9.17, 15) is 4.79 Å². The third kappa shape index (κ3) is 2.54. The van der Waals surface area contributed by atoms with Gasteiger partial charge in [0.15, 0.2) is 0 Å². The minimum atomic E-state index is 0.0179. The Morgan fingerprint density at radius 3 is 2.09 bits per heavy atom. The highest BCUT2D eigenvalue weighted by Gasteiger charge is 2.29. The predicted molar refractivity (Wildman–Crippen MR) is 90.0 cm³/mol. The highest BCUT2D eigenvalue weighted by atomic mass is 16.2. The van der Waals surface area contributed by atoms with Gasteiger partial charge in [-0.1, -0.05) is 58.0 Å². The molecule has 2 aromatic carbocycles. The summed E-state index contributed by atoms with van der Waals surface area (Å²) in [6.45, 7) is 8.75. The highest BCUT2D eigenvalue weighted by molar-refractivity contribution is 6.12. The summed E-state index contributed by atoms with van der Waals surface area (Å²) >= 11 is 0. The zero-order valence-electron chi connectivity index (χ0n) is 13.4. The van der Waals surface area contributed by atoms with E-state index in [0.717, 1.165) is 28.0 Å². The summed E-state index contributed by atoms with van der Waals surface area (Å²) < 4.78 is 1.69. The fourth-order valence-corrected chi connectivity index (χ4v) is 2.40. The van der Waals surface area contributed by atoms with E-state index in [-0.39, 0.29) is 5.91 Å². The van der Waals surface area contributed by atoms with E-state index in [4.69, 9.17) is 0 Å². The molecule has 0 fully saturated rings. The largest absolute Gasteiger partial charge is 0.268 e. The smallest absolute Gasteiger partial charge is 0.264 e. The molecule has 3 nitrogen and oxygen atoms in total. The van der Waals surface area contributed by atoms with E-state index < -0.39 is 0 Å². The number of hydrogen-bond donors (Lipinski definition) is 0. The number of benzene rings is 2. The summed E-state index contributed by atoms with van der Waals surface area (Å²) in [5.41, 5.74) is 3.91. The first-order valence-electron chi connectivity index (χ1n) is 7.48. The third-order valence-electron chi connectivity index (χ3n) is 3.16. The summed E-state index contributed by atoms with van der Waals surface area (Å²) in [4.78, 5) is 16.8. The summed E-state index contributed by atoms with van der Waals surface area (Å²) in [5.74, 6) is 0.774. The molecule has 0 atom stereocenters. The average molecular weight is 292 g/mol. The second kappa shape index (κ2) is 5.09. The predicted octanol–water partition coefficient (Wildman–Crippen LogP) is 4.76. The maximum absolute atomic E-state index is 12.3. The first-order valence-corrected chi connectivity index (χ1v) is 7.48. The van der Waals surface area contributed by atoms with E-state index in [1.165, 1.54) is 0 Å². The first kappa shape index (κ1) is 14.5. The van der Waals surface area contributed by atoms with Crippen LogP contribution in [0.1, 0.15) is 38.1 Å². The van der Waals surface area contributed by atoms with Crippen molar-refractivity contribution in [3.8, 4) is 11.4 Å². The average Bonchev–Trinajstić information content (AvgIpc) is 2.95. The lowest BCUT2D eigenvalue weighted by molar-refractivity contribution is 0.0973. The molecule has 0 amide bonds. The van der Waals surface area contributed by atoms with Gasteiger partial charge in [0, 0.05) is 5.56 Å². The lowest BCUT2D eigenvalue weighted by Crippen LogP contribution is -2.05. The van der Waals surface area contributed by atoms with Gasteiger partial charge >= 0.3 is 0 Å². The van der Waals surface area contributed by atoms with Crippen LogP contribution in [0, 0.1) is 5.41 Å². The van der Waals surface area contributed by atoms with E-state index >= 15 is 0 Å². The fourth-order valence-electron chi connectivity index (χ4n) is 2.40. The van der Waals surface area contributed by atoms with Gasteiger partial charge in [0.1, 0.15) is 5.82 Å². The molecule has 0 unspecified atom stereocenters. The minimum Gasteiger partial charge on any atom is -0.268 e. The molecule has 112 valence electrons. The van der Waals surface area contributed by atoms with Crippen LogP contribution >= 0.6 is 0 Å². The molecule has 0 radical (unpaired) electrons. The van der Waals surface area contributed by atoms with Gasteiger partial charge in [0.05, 0.1) is 16.6 Å². The molecule has 0 aliphatic carbocycles. The molecule has 0 N–H and O–H groups in total. The van der Waals surface area contributed by atoms with Crippen molar-refractivity contribution in [1.29, 1.82) is 0 Å². The normalized spacial score (nSPS) is 12.6. The van der Waals surface area contributed by atoms with E-state index in [1.807, 2.05) is 48.5 Å². The Labute approximate surface area is 130 Å². The van der Waals surface area contributed by atoms with Gasteiger partial charge in [-0.15, -0.1) is 0 Å². The van der Waals surface area contributed by atoms with Gasteiger partial charge in [-0.3, -0.25) is 9.36 Å². The Bertz CT molecular complexity index is 847. The van der Waals surface area contributed by atoms with Crippen LogP contribution in [0.25, 0.3) is 22.4 Å². The van der Waals surface area contributed by atoms with Crippen LogP contribution in [0.4, 0.5) is 0 Å². The standard InChI is InChI=1S/C14H8N2O.C5H12/c17-14-10-6-2-1-5-9(10)13-15-11-7-3-4-8-12(11)16(13)14;1-5(2,3)4/h1-8H;1-4H3. The Balaban J connectivity index is 0.000000254. The lowest BCUT2D eigenvalue weighted by atomic mass is 10.0. The van der Waals surface area contributed by atoms with E-state index in [2.05, 4.69) is 32.7 Å². The molecule has 22 heavy (non-hydrogen) atoms. The molecule has 0 saturated carbocycles. The van der Waals surface area contributed by atoms with Crippen LogP contribution in [0.5, 0.6) is 0 Å². The number of carbonyl (C=O) groups excluding carboxylic acids is 1. The summed E-state index contributed by atoms with van der Waals surface area (Å²) in [6, 6.07) is 15.3. The molecule has 3 aromatic rings. The van der Waals surface area contributed by atoms with Gasteiger partial charge in [0.25, 0.3) is 5.91 Å². The molecular formula is C19H20N2O. The number of hydrogen-bond acceptors (Lipinski definition) is 2. The summed E-state index contributed by atoms with van der Waals surface area (Å²) in [6.07, 6.45) is 0. The second-order valence-corrected chi connectivity index (χ2v) is 7.11. The molecule has 0 spiro atoms. The van der Waals surface area contributed by atoms with Crippen molar-refractivity contribution < 1.29 is 4.79 Å². The van der Waals surface area contributed by atoms with E-state index in [1.54, 1.807) is 4.57 Å². The first-order chi connectivity index (χ1) is 10.4. The number of carbonyl (C=O) groups is 1. The minimum absolute atomic E-state index is 0.0179. The zero-order chi connectivity index (χ0) is 15.9. The van der Waals surface area contributed by atoms with Crippen LogP contribution in [0.2, 0.25) is 0 Å². The van der Waals surface area contributed by atoms with E-state index in [0.29, 0.717) is 5.41 Å². The number of imidazole rings is 1. The molecule has 4 rings (SSSR count). The quantitative estimate of drug-likeness (QED) is 0.468. The molecule has 1 aromatic heterocycles. The molecule has 0 bridgehead atoms. The number of fused-ring (bicyclic) bond motifs is 5. The maximum atomic E-state index is 12.3. The van der Waals surface area contributed by atoms with Crippen molar-refractivity contribution in [2.45, 2.75) is 27.7 Å². The van der Waals surface area contributed by atoms with Crippen molar-refractivity contribution >= 4 is 16.9 Å². The Morgan fingerprint density at radius 2 is 1.41 bits per heavy atom. The second-order valence-electron chi connectivity index (χ2n) is 7.11. The Kier molecular flexibility index (Phi) is 3.36. The summed E-state index contributed by atoms with van der Waals surface area (Å²) in [5, 5.41) is 0. The molecule has 3 heteroatoms. The molecule has 2 heterocycles. The number of para-hydroxylation sites is 2. The van der Waals surface area contributed by atoms with Crippen molar-refractivity contribution in [1.82, 2.24) is 9.55 Å². The van der Waals surface area contributed by atoms with Crippen molar-refractivity contribution in [2.75, 3.05) is 0 Å². The zero-order valence-corrected chi connectivity index (χ0v) is 13.4. The topological polar surface area (TPSA) is 34.9 Å². The summed E-state index contributed by atoms with van der Waals surface area (Å²) in [7, 11) is 0. The molecule has 1 aliphatic rings. The van der Waals surface area contributed by atoms with Crippen molar-refractivity contribution in [3.63, 3.8) is 0 Å². The number of rotatable bonds is 0. The lowest BCUT2D eigenvalue weighted by Gasteiger charge is -2.05. The molecular weight excluding hydrogens is 272 g/mol. The van der Waals surface area contributed by atoms with Crippen molar-refractivity contribution in [2.24, 2.45) is 5.41 Å². The van der Waals surface area contributed by atoms with Gasteiger partial charge in [-0.25, -0.2) is 4.98 Å². The maximum Gasteiger partial charge on any atom is 0.264 e. The molecule has 1 aliphatic heterocycles.